The Morgan fingerprint density at radius 2 is 1.91 bits per heavy atom. The summed E-state index contributed by atoms with van der Waals surface area (Å²) in [5.74, 6) is 0. The Balaban J connectivity index is 1.67. The standard InChI is InChI=1S/C18H18N4O/c1-13-5-7-19-12-17(13)22-10-9-21(18(22)23)15-3-4-16-14(11-15)6-8-20(16)2/h3-8,11-12H,9-10H2,1-2H3. The highest BCUT2D eigenvalue weighted by Crippen LogP contribution is 2.29. The highest BCUT2D eigenvalue weighted by atomic mass is 16.2. The van der Waals surface area contributed by atoms with Crippen molar-refractivity contribution in [3.8, 4) is 0 Å². The van der Waals surface area contributed by atoms with Crippen LogP contribution in [-0.2, 0) is 7.05 Å². The first kappa shape index (κ1) is 13.8. The fourth-order valence-corrected chi connectivity index (χ4v) is 3.18. The van der Waals surface area contributed by atoms with E-state index in [2.05, 4.69) is 27.8 Å². The fourth-order valence-electron chi connectivity index (χ4n) is 3.18. The lowest BCUT2D eigenvalue weighted by molar-refractivity contribution is 0.256. The van der Waals surface area contributed by atoms with E-state index in [0.717, 1.165) is 22.3 Å². The summed E-state index contributed by atoms with van der Waals surface area (Å²) in [5, 5.41) is 1.15. The van der Waals surface area contributed by atoms with Crippen LogP contribution in [0, 0.1) is 6.92 Å². The Morgan fingerprint density at radius 1 is 1.09 bits per heavy atom. The maximum absolute atomic E-state index is 12.8. The Hall–Kier alpha value is -2.82. The van der Waals surface area contributed by atoms with Gasteiger partial charge in [0, 0.05) is 49.1 Å². The Bertz CT molecular complexity index is 899. The molecule has 1 saturated heterocycles. The molecule has 0 N–H and O–H groups in total. The van der Waals surface area contributed by atoms with Crippen molar-refractivity contribution >= 4 is 28.3 Å². The number of aromatic nitrogens is 2. The van der Waals surface area contributed by atoms with E-state index in [-0.39, 0.29) is 6.03 Å². The number of hydrogen-bond donors (Lipinski definition) is 0. The van der Waals surface area contributed by atoms with Crippen molar-refractivity contribution in [2.75, 3.05) is 22.9 Å². The Labute approximate surface area is 134 Å². The number of aryl methyl sites for hydroxylation is 2. The van der Waals surface area contributed by atoms with E-state index < -0.39 is 0 Å². The third-order valence-electron chi connectivity index (χ3n) is 4.49. The molecule has 0 bridgehead atoms. The number of nitrogens with zero attached hydrogens (tertiary/aromatic N) is 4. The fraction of sp³-hybridized carbons (Fsp3) is 0.222. The minimum absolute atomic E-state index is 0.0105. The number of fused-ring (bicyclic) bond motifs is 1. The van der Waals surface area contributed by atoms with Crippen LogP contribution in [0.1, 0.15) is 5.56 Å². The topological polar surface area (TPSA) is 41.4 Å². The van der Waals surface area contributed by atoms with Crippen molar-refractivity contribution in [2.45, 2.75) is 6.92 Å². The van der Waals surface area contributed by atoms with Gasteiger partial charge in [-0.05, 0) is 42.8 Å². The first-order valence-corrected chi connectivity index (χ1v) is 7.70. The lowest BCUT2D eigenvalue weighted by Crippen LogP contribution is -2.32. The van der Waals surface area contributed by atoms with Crippen molar-refractivity contribution in [3.05, 3.63) is 54.5 Å². The molecule has 0 aliphatic carbocycles. The number of pyridine rings is 1. The van der Waals surface area contributed by atoms with Crippen LogP contribution >= 0.6 is 0 Å². The third-order valence-corrected chi connectivity index (χ3v) is 4.49. The van der Waals surface area contributed by atoms with E-state index >= 15 is 0 Å². The van der Waals surface area contributed by atoms with E-state index in [1.165, 1.54) is 5.52 Å². The summed E-state index contributed by atoms with van der Waals surface area (Å²) in [4.78, 5) is 20.6. The van der Waals surface area contributed by atoms with Crippen LogP contribution in [0.15, 0.2) is 48.9 Å². The van der Waals surface area contributed by atoms with Crippen molar-refractivity contribution in [2.24, 2.45) is 7.05 Å². The summed E-state index contributed by atoms with van der Waals surface area (Å²) in [7, 11) is 2.02. The van der Waals surface area contributed by atoms with Crippen molar-refractivity contribution in [1.29, 1.82) is 0 Å². The van der Waals surface area contributed by atoms with Crippen LogP contribution in [0.4, 0.5) is 16.2 Å². The van der Waals surface area contributed by atoms with E-state index in [9.17, 15) is 4.79 Å². The van der Waals surface area contributed by atoms with Crippen LogP contribution in [0.25, 0.3) is 10.9 Å². The second kappa shape index (κ2) is 5.12. The van der Waals surface area contributed by atoms with Gasteiger partial charge in [0.25, 0.3) is 0 Å². The molecule has 2 aromatic heterocycles. The molecular weight excluding hydrogens is 288 g/mol. The maximum Gasteiger partial charge on any atom is 0.329 e. The molecule has 0 saturated carbocycles. The van der Waals surface area contributed by atoms with Crippen LogP contribution in [0.2, 0.25) is 0 Å². The average Bonchev–Trinajstić information content (AvgIpc) is 3.11. The molecule has 1 fully saturated rings. The highest BCUT2D eigenvalue weighted by molar-refractivity contribution is 6.07. The van der Waals surface area contributed by atoms with Gasteiger partial charge in [-0.15, -0.1) is 0 Å². The molecule has 5 nitrogen and oxygen atoms in total. The molecule has 1 aliphatic heterocycles. The molecule has 3 heterocycles. The third kappa shape index (κ3) is 2.16. The van der Waals surface area contributed by atoms with Gasteiger partial charge in [-0.2, -0.15) is 0 Å². The highest BCUT2D eigenvalue weighted by Gasteiger charge is 2.31. The predicted molar refractivity (Wildman–Crippen MR) is 92.0 cm³/mol. The molecule has 0 unspecified atom stereocenters. The van der Waals surface area contributed by atoms with E-state index in [0.29, 0.717) is 13.1 Å². The number of carbonyl (C=O) groups is 1. The van der Waals surface area contributed by atoms with Gasteiger partial charge >= 0.3 is 6.03 Å². The van der Waals surface area contributed by atoms with Crippen molar-refractivity contribution < 1.29 is 4.79 Å². The normalized spacial score (nSPS) is 15.0. The SMILES string of the molecule is Cc1ccncc1N1CCN(c2ccc3c(ccn3C)c2)C1=O. The largest absolute Gasteiger partial charge is 0.351 e. The molecule has 2 amide bonds. The number of amides is 2. The van der Waals surface area contributed by atoms with Gasteiger partial charge in [0.15, 0.2) is 0 Å². The Kier molecular flexibility index (Phi) is 3.08. The zero-order valence-electron chi connectivity index (χ0n) is 13.2. The first-order chi connectivity index (χ1) is 11.1. The zero-order valence-corrected chi connectivity index (χ0v) is 13.2. The summed E-state index contributed by atoms with van der Waals surface area (Å²) in [6, 6.07) is 10.2. The maximum atomic E-state index is 12.8. The summed E-state index contributed by atoms with van der Waals surface area (Å²) in [6.45, 7) is 3.37. The van der Waals surface area contributed by atoms with Crippen LogP contribution in [0.3, 0.4) is 0 Å². The molecule has 3 aromatic rings. The number of rotatable bonds is 2. The molecule has 1 aromatic carbocycles. The predicted octanol–water partition coefficient (Wildman–Crippen LogP) is 3.33. The van der Waals surface area contributed by atoms with Crippen LogP contribution < -0.4 is 9.80 Å². The second-order valence-corrected chi connectivity index (χ2v) is 5.92. The lowest BCUT2D eigenvalue weighted by Gasteiger charge is -2.20. The number of urea groups is 1. The molecule has 23 heavy (non-hydrogen) atoms. The molecule has 0 spiro atoms. The van der Waals surface area contributed by atoms with Gasteiger partial charge in [-0.3, -0.25) is 14.8 Å². The average molecular weight is 306 g/mol. The smallest absolute Gasteiger partial charge is 0.329 e. The molecule has 0 atom stereocenters. The quantitative estimate of drug-likeness (QED) is 0.729. The summed E-state index contributed by atoms with van der Waals surface area (Å²) in [6.07, 6.45) is 5.54. The van der Waals surface area contributed by atoms with Crippen molar-refractivity contribution in [3.63, 3.8) is 0 Å². The first-order valence-electron chi connectivity index (χ1n) is 7.70. The summed E-state index contributed by atoms with van der Waals surface area (Å²) in [5.41, 5.74) is 4.06. The van der Waals surface area contributed by atoms with Gasteiger partial charge in [-0.1, -0.05) is 0 Å². The second-order valence-electron chi connectivity index (χ2n) is 5.92. The van der Waals surface area contributed by atoms with E-state index in [1.54, 1.807) is 17.3 Å². The van der Waals surface area contributed by atoms with Gasteiger partial charge in [-0.25, -0.2) is 4.79 Å². The zero-order chi connectivity index (χ0) is 16.0. The molecule has 4 rings (SSSR count). The van der Waals surface area contributed by atoms with Crippen LogP contribution in [0.5, 0.6) is 0 Å². The van der Waals surface area contributed by atoms with Crippen LogP contribution in [-0.4, -0.2) is 28.7 Å². The lowest BCUT2D eigenvalue weighted by atomic mass is 10.2. The van der Waals surface area contributed by atoms with Crippen molar-refractivity contribution in [1.82, 2.24) is 9.55 Å². The molecule has 0 radical (unpaired) electrons. The van der Waals surface area contributed by atoms with Gasteiger partial charge in [0.1, 0.15) is 0 Å². The molecule has 5 heteroatoms. The number of carbonyl (C=O) groups excluding carboxylic acids is 1. The molecule has 116 valence electrons. The monoisotopic (exact) mass is 306 g/mol. The minimum atomic E-state index is 0.0105. The summed E-state index contributed by atoms with van der Waals surface area (Å²) < 4.78 is 2.08. The number of anilines is 2. The van der Waals surface area contributed by atoms with E-state index in [4.69, 9.17) is 0 Å². The number of benzene rings is 1. The summed E-state index contributed by atoms with van der Waals surface area (Å²) >= 11 is 0. The van der Waals surface area contributed by atoms with Gasteiger partial charge in [0.05, 0.1) is 11.9 Å². The molecular formula is C18H18N4O. The minimum Gasteiger partial charge on any atom is -0.351 e. The Morgan fingerprint density at radius 3 is 2.74 bits per heavy atom. The van der Waals surface area contributed by atoms with Gasteiger partial charge < -0.3 is 4.57 Å². The van der Waals surface area contributed by atoms with Gasteiger partial charge in [0.2, 0.25) is 0 Å². The number of hydrogen-bond acceptors (Lipinski definition) is 2. The molecule has 1 aliphatic rings. The van der Waals surface area contributed by atoms with E-state index in [1.807, 2.05) is 37.2 Å².